The average molecular weight is 227 g/mol. The van der Waals surface area contributed by atoms with Gasteiger partial charge in [-0.2, -0.15) is 0 Å². The van der Waals surface area contributed by atoms with Crippen LogP contribution in [0.5, 0.6) is 0 Å². The largest absolute Gasteiger partial charge is 0.218 e. The van der Waals surface area contributed by atoms with Crippen LogP contribution in [-0.2, 0) is 0 Å². The van der Waals surface area contributed by atoms with Crippen molar-refractivity contribution in [3.05, 3.63) is 0 Å². The van der Waals surface area contributed by atoms with E-state index in [1.165, 1.54) is 0 Å². The Hall–Kier alpha value is 0.415. The van der Waals surface area contributed by atoms with Gasteiger partial charge < -0.3 is 0 Å². The molecule has 0 heterocycles. The fraction of sp³-hybridized carbons (Fsp3) is 1.00. The van der Waals surface area contributed by atoms with Gasteiger partial charge in [0.15, 0.2) is 6.56 Å². The van der Waals surface area contributed by atoms with Gasteiger partial charge in [-0.3, -0.25) is 0 Å². The molecule has 1 radical (unpaired) electrons. The third-order valence-corrected chi connectivity index (χ3v) is 1.60. The predicted octanol–water partition coefficient (Wildman–Crippen LogP) is 6.39. The minimum Gasteiger partial charge on any atom is -0.218 e. The van der Waals surface area contributed by atoms with E-state index in [-0.39, 0.29) is 51.0 Å². The first-order valence-electron chi connectivity index (χ1n) is 3.74. The molecule has 0 aromatic heterocycles. The molecule has 0 aromatic rings. The van der Waals surface area contributed by atoms with Crippen LogP contribution in [0.2, 0.25) is 6.32 Å². The second kappa shape index (κ2) is 50.2. The summed E-state index contributed by atoms with van der Waals surface area (Å²) in [5.41, 5.74) is 0. The Balaban J connectivity index is -0.0000000213. The second-order valence-electron chi connectivity index (χ2n) is 1.55. The van der Waals surface area contributed by atoms with E-state index in [4.69, 9.17) is 1.37 Å². The van der Waals surface area contributed by atoms with E-state index in [1.807, 2.05) is 0 Å². The molecule has 0 saturated carbocycles. The Labute approximate surface area is 103 Å². The van der Waals surface area contributed by atoms with Crippen LogP contribution < -0.4 is 0 Å². The first kappa shape index (κ1) is 36.6. The SMILES string of the molecule is C.C.C.C.C.C.[3H]C(CC)C[B]SCC. The van der Waals surface area contributed by atoms with E-state index < -0.39 is 0 Å². The minimum atomic E-state index is 0. The van der Waals surface area contributed by atoms with Gasteiger partial charge in [0.25, 0.3) is 0 Å². The fourth-order valence-electron chi connectivity index (χ4n) is 0.421. The highest BCUT2D eigenvalue weighted by molar-refractivity contribution is 8.22. The van der Waals surface area contributed by atoms with Crippen molar-refractivity contribution < 1.29 is 1.37 Å². The van der Waals surface area contributed by atoms with Crippen molar-refractivity contribution in [3.63, 3.8) is 0 Å². The summed E-state index contributed by atoms with van der Waals surface area (Å²) in [6, 6.07) is 0. The van der Waals surface area contributed by atoms with Crippen LogP contribution in [0, 0.1) is 0 Å². The van der Waals surface area contributed by atoms with Crippen molar-refractivity contribution in [2.45, 2.75) is 77.5 Å². The highest BCUT2D eigenvalue weighted by Gasteiger charge is 1.86. The van der Waals surface area contributed by atoms with Gasteiger partial charge in [-0.05, 0) is 5.75 Å². The Morgan fingerprint density at radius 3 is 1.71 bits per heavy atom. The van der Waals surface area contributed by atoms with E-state index >= 15 is 0 Å². The third kappa shape index (κ3) is 55.2. The maximum absolute atomic E-state index is 7.35. The summed E-state index contributed by atoms with van der Waals surface area (Å²) in [6.07, 6.45) is 2.04. The summed E-state index contributed by atoms with van der Waals surface area (Å²) in [6.45, 7) is 6.33. The molecule has 0 bridgehead atoms. The maximum atomic E-state index is 7.35. The smallest absolute Gasteiger partial charge is 0.191 e. The quantitative estimate of drug-likeness (QED) is 0.387. The van der Waals surface area contributed by atoms with Crippen LogP contribution in [0.3, 0.4) is 0 Å². The number of hydrogen-bond acceptors (Lipinski definition) is 1. The Bertz CT molecular complexity index is 63.6. The monoisotopic (exact) mass is 227 g/mol. The van der Waals surface area contributed by atoms with Crippen LogP contribution in [0.25, 0.3) is 0 Å². The molecule has 0 aliphatic carbocycles. The summed E-state index contributed by atoms with van der Waals surface area (Å²) in [5.74, 6) is 1.14. The Morgan fingerprint density at radius 2 is 1.43 bits per heavy atom. The van der Waals surface area contributed by atoms with Crippen LogP contribution in [-0.4, -0.2) is 12.3 Å². The van der Waals surface area contributed by atoms with E-state index in [2.05, 4.69) is 20.4 Å². The van der Waals surface area contributed by atoms with Gasteiger partial charge >= 0.3 is 0 Å². The lowest BCUT2D eigenvalue weighted by atomic mass is 9.99. The van der Waals surface area contributed by atoms with Crippen LogP contribution >= 0.6 is 11.6 Å². The zero-order valence-electron chi connectivity index (χ0n) is 6.68. The van der Waals surface area contributed by atoms with E-state index in [9.17, 15) is 0 Å². The van der Waals surface area contributed by atoms with Crippen LogP contribution in [0.15, 0.2) is 0 Å². The number of rotatable bonds is 5. The van der Waals surface area contributed by atoms with Gasteiger partial charge in [-0.15, -0.1) is 0 Å². The highest BCUT2D eigenvalue weighted by Crippen LogP contribution is 2.02. The van der Waals surface area contributed by atoms with E-state index in [1.54, 1.807) is 11.6 Å². The minimum absolute atomic E-state index is 0. The zero-order chi connectivity index (χ0) is 7.11. The van der Waals surface area contributed by atoms with Gasteiger partial charge in [0.2, 0.25) is 0 Å². The fourth-order valence-corrected chi connectivity index (χ4v) is 0.928. The van der Waals surface area contributed by atoms with Crippen molar-refractivity contribution in [2.75, 3.05) is 5.75 Å². The van der Waals surface area contributed by atoms with Gasteiger partial charge in [0.05, 0.1) is 0 Å². The molecular formula is C12H38BS. The molecule has 0 spiro atoms. The molecule has 0 nitrogen and oxygen atoms in total. The molecule has 0 aromatic carbocycles. The molecular weight excluding hydrogens is 187 g/mol. The molecule has 0 amide bonds. The molecule has 0 fully saturated rings. The molecule has 0 saturated heterocycles. The molecule has 0 aliphatic heterocycles. The van der Waals surface area contributed by atoms with Crippen molar-refractivity contribution in [1.29, 1.82) is 0 Å². The zero-order valence-corrected chi connectivity index (χ0v) is 6.50. The first-order valence-corrected chi connectivity index (χ1v) is 4.21. The lowest BCUT2D eigenvalue weighted by Gasteiger charge is -1.92. The maximum Gasteiger partial charge on any atom is 0.191 e. The molecule has 1 unspecified atom stereocenters. The standard InChI is InChI=1S/C6H14BS.6CH4/c1-3-5-6-7-8-4-2;;;;;;/h3-6H2,1-2H3;6*1H4/i5T;;;;;;. The molecule has 0 N–H and O–H groups in total. The van der Waals surface area contributed by atoms with Gasteiger partial charge in [-0.25, -0.2) is 11.6 Å². The average Bonchev–Trinajstić information content (AvgIpc) is 1.89. The summed E-state index contributed by atoms with van der Waals surface area (Å²) in [7, 11) is 0. The van der Waals surface area contributed by atoms with Gasteiger partial charge in [-0.1, -0.05) is 77.5 Å². The molecule has 95 valence electrons. The summed E-state index contributed by atoms with van der Waals surface area (Å²) in [4.78, 5) is 0. The molecule has 14 heavy (non-hydrogen) atoms. The van der Waals surface area contributed by atoms with Crippen LogP contribution in [0.1, 0.15) is 72.6 Å². The molecule has 0 aliphatic rings. The molecule has 0 rings (SSSR count). The van der Waals surface area contributed by atoms with E-state index in [0.717, 1.165) is 18.5 Å². The first-order chi connectivity index (χ1) is 4.31. The Kier molecular flexibility index (Phi) is 131. The lowest BCUT2D eigenvalue weighted by molar-refractivity contribution is 0.882. The third-order valence-electron chi connectivity index (χ3n) is 0.836. The number of hydrogen-bond donors (Lipinski definition) is 0. The van der Waals surface area contributed by atoms with Crippen LogP contribution in [0.4, 0.5) is 0 Å². The lowest BCUT2D eigenvalue weighted by Crippen LogP contribution is -1.82. The normalized spacial score (nSPS) is 8.57. The van der Waals surface area contributed by atoms with Crippen molar-refractivity contribution in [2.24, 2.45) is 0 Å². The molecule has 1 atom stereocenters. The Morgan fingerprint density at radius 1 is 1.00 bits per heavy atom. The summed E-state index contributed by atoms with van der Waals surface area (Å²) < 4.78 is 7.35. The summed E-state index contributed by atoms with van der Waals surface area (Å²) >= 11 is 1.81. The highest BCUT2D eigenvalue weighted by atomic mass is 32.2. The van der Waals surface area contributed by atoms with Crippen molar-refractivity contribution >= 4 is 18.2 Å². The van der Waals surface area contributed by atoms with E-state index in [0.29, 0.717) is 0 Å². The summed E-state index contributed by atoms with van der Waals surface area (Å²) in [5, 5.41) is 0. The topological polar surface area (TPSA) is 0 Å². The van der Waals surface area contributed by atoms with Gasteiger partial charge in [0.1, 0.15) is 0 Å². The predicted molar refractivity (Wildman–Crippen MR) is 84.0 cm³/mol. The van der Waals surface area contributed by atoms with Crippen molar-refractivity contribution in [3.8, 4) is 0 Å². The second-order valence-corrected chi connectivity index (χ2v) is 2.80. The van der Waals surface area contributed by atoms with Gasteiger partial charge in [0, 0.05) is 1.37 Å². The molecule has 2 heteroatoms. The van der Waals surface area contributed by atoms with Crippen molar-refractivity contribution in [1.82, 2.24) is 0 Å².